The Labute approximate surface area is 170 Å². The van der Waals surface area contributed by atoms with E-state index in [1.54, 1.807) is 4.90 Å². The van der Waals surface area contributed by atoms with Crippen molar-refractivity contribution in [2.45, 2.75) is 46.7 Å². The first-order valence-electron chi connectivity index (χ1n) is 10.1. The maximum Gasteiger partial charge on any atom is 0.257 e. The van der Waals surface area contributed by atoms with Crippen molar-refractivity contribution in [1.82, 2.24) is 14.5 Å². The number of hydrogen-bond acceptors (Lipinski definition) is 2. The van der Waals surface area contributed by atoms with Crippen molar-refractivity contribution in [3.8, 4) is 0 Å². The van der Waals surface area contributed by atoms with Crippen LogP contribution < -0.4 is 0 Å². The molecule has 0 saturated carbocycles. The maximum absolute atomic E-state index is 14.2. The number of para-hydroxylation sites is 2. The summed E-state index contributed by atoms with van der Waals surface area (Å²) in [5, 5.41) is 0. The summed E-state index contributed by atoms with van der Waals surface area (Å²) in [5.74, 6) is -1.03. The van der Waals surface area contributed by atoms with Crippen molar-refractivity contribution in [3.63, 3.8) is 0 Å². The van der Waals surface area contributed by atoms with Crippen molar-refractivity contribution in [2.75, 3.05) is 6.54 Å². The summed E-state index contributed by atoms with van der Waals surface area (Å²) < 4.78 is 29.7. The van der Waals surface area contributed by atoms with Crippen LogP contribution in [0.4, 0.5) is 8.78 Å². The lowest BCUT2D eigenvalue weighted by atomic mass is 10.1. The molecule has 0 saturated heterocycles. The van der Waals surface area contributed by atoms with E-state index >= 15 is 0 Å². The van der Waals surface area contributed by atoms with Crippen LogP contribution >= 0.6 is 0 Å². The lowest BCUT2D eigenvalue weighted by Crippen LogP contribution is -2.35. The van der Waals surface area contributed by atoms with Crippen LogP contribution in [-0.2, 0) is 13.1 Å². The summed E-state index contributed by atoms with van der Waals surface area (Å²) in [4.78, 5) is 19.4. The molecule has 29 heavy (non-hydrogen) atoms. The summed E-state index contributed by atoms with van der Waals surface area (Å²) in [7, 11) is 0. The van der Waals surface area contributed by atoms with E-state index in [0.717, 1.165) is 48.4 Å². The van der Waals surface area contributed by atoms with Crippen LogP contribution in [0.1, 0.15) is 49.8 Å². The minimum Gasteiger partial charge on any atom is -0.331 e. The van der Waals surface area contributed by atoms with E-state index < -0.39 is 17.5 Å². The van der Waals surface area contributed by atoms with Gasteiger partial charge in [-0.05, 0) is 36.6 Å². The van der Waals surface area contributed by atoms with Gasteiger partial charge in [0.15, 0.2) is 0 Å². The fraction of sp³-hybridized carbons (Fsp3) is 0.391. The van der Waals surface area contributed by atoms with Gasteiger partial charge >= 0.3 is 0 Å². The van der Waals surface area contributed by atoms with Gasteiger partial charge in [0.2, 0.25) is 0 Å². The Kier molecular flexibility index (Phi) is 6.62. The molecule has 4 nitrogen and oxygen atoms in total. The smallest absolute Gasteiger partial charge is 0.257 e. The van der Waals surface area contributed by atoms with Gasteiger partial charge in [-0.1, -0.05) is 39.3 Å². The second-order valence-corrected chi connectivity index (χ2v) is 7.73. The topological polar surface area (TPSA) is 38.1 Å². The number of fused-ring (bicyclic) bond motifs is 1. The fourth-order valence-electron chi connectivity index (χ4n) is 3.48. The van der Waals surface area contributed by atoms with Crippen LogP contribution in [0.15, 0.2) is 42.5 Å². The molecule has 0 bridgehead atoms. The third-order valence-corrected chi connectivity index (χ3v) is 4.84. The number of unbranched alkanes of at least 4 members (excludes halogenated alkanes) is 1. The third kappa shape index (κ3) is 4.81. The highest BCUT2D eigenvalue weighted by Crippen LogP contribution is 2.21. The summed E-state index contributed by atoms with van der Waals surface area (Å²) in [6.45, 7) is 7.66. The van der Waals surface area contributed by atoms with Gasteiger partial charge in [-0.15, -0.1) is 0 Å². The lowest BCUT2D eigenvalue weighted by molar-refractivity contribution is 0.0711. The number of halogens is 2. The van der Waals surface area contributed by atoms with E-state index in [4.69, 9.17) is 4.98 Å². The molecule has 0 radical (unpaired) electrons. The molecule has 6 heteroatoms. The van der Waals surface area contributed by atoms with E-state index in [1.165, 1.54) is 6.07 Å². The number of nitrogens with zero attached hydrogens (tertiary/aromatic N) is 3. The standard InChI is InChI=1S/C23H27F2N3O/c1-4-5-12-28-21-9-7-6-8-20(21)26-22(28)15-27(14-16(2)3)23(29)18-11-10-17(24)13-19(18)25/h6-11,13,16H,4-5,12,14-15H2,1-3H3. The average molecular weight is 399 g/mol. The predicted molar refractivity (Wildman–Crippen MR) is 111 cm³/mol. The molecule has 1 amide bonds. The van der Waals surface area contributed by atoms with E-state index in [-0.39, 0.29) is 18.0 Å². The Hall–Kier alpha value is -2.76. The molecule has 1 aromatic heterocycles. The highest BCUT2D eigenvalue weighted by Gasteiger charge is 2.23. The first-order valence-corrected chi connectivity index (χ1v) is 10.1. The van der Waals surface area contributed by atoms with Crippen LogP contribution in [0, 0.1) is 17.6 Å². The number of rotatable bonds is 8. The van der Waals surface area contributed by atoms with Crippen molar-refractivity contribution >= 4 is 16.9 Å². The number of aromatic nitrogens is 2. The number of amides is 1. The Morgan fingerprint density at radius 1 is 1.17 bits per heavy atom. The number of aryl methyl sites for hydroxylation is 1. The average Bonchev–Trinajstić information content (AvgIpc) is 3.02. The Bertz CT molecular complexity index is 997. The molecule has 0 aliphatic rings. The van der Waals surface area contributed by atoms with Gasteiger partial charge in [-0.25, -0.2) is 13.8 Å². The number of carbonyl (C=O) groups excluding carboxylic acids is 1. The summed E-state index contributed by atoms with van der Waals surface area (Å²) in [5.41, 5.74) is 1.78. The third-order valence-electron chi connectivity index (χ3n) is 4.84. The van der Waals surface area contributed by atoms with Crippen molar-refractivity contribution < 1.29 is 13.6 Å². The van der Waals surface area contributed by atoms with Crippen LogP contribution in [0.3, 0.4) is 0 Å². The van der Waals surface area contributed by atoms with Crippen molar-refractivity contribution in [2.24, 2.45) is 5.92 Å². The van der Waals surface area contributed by atoms with Gasteiger partial charge in [-0.3, -0.25) is 4.79 Å². The molecule has 0 fully saturated rings. The van der Waals surface area contributed by atoms with E-state index in [1.807, 2.05) is 38.1 Å². The molecule has 3 rings (SSSR count). The molecular weight excluding hydrogens is 372 g/mol. The molecule has 2 aromatic carbocycles. The Morgan fingerprint density at radius 2 is 1.93 bits per heavy atom. The van der Waals surface area contributed by atoms with E-state index in [2.05, 4.69) is 11.5 Å². The van der Waals surface area contributed by atoms with Gasteiger partial charge in [0.1, 0.15) is 17.5 Å². The van der Waals surface area contributed by atoms with Crippen LogP contribution in [0.5, 0.6) is 0 Å². The molecule has 0 aliphatic heterocycles. The minimum atomic E-state index is -0.844. The monoisotopic (exact) mass is 399 g/mol. The van der Waals surface area contributed by atoms with Gasteiger partial charge in [-0.2, -0.15) is 0 Å². The quantitative estimate of drug-likeness (QED) is 0.508. The molecule has 0 spiro atoms. The fourth-order valence-corrected chi connectivity index (χ4v) is 3.48. The molecule has 154 valence electrons. The first-order chi connectivity index (χ1) is 13.9. The van der Waals surface area contributed by atoms with E-state index in [9.17, 15) is 13.6 Å². The van der Waals surface area contributed by atoms with Gasteiger partial charge in [0.05, 0.1) is 23.1 Å². The zero-order valence-corrected chi connectivity index (χ0v) is 17.2. The molecule has 0 atom stereocenters. The van der Waals surface area contributed by atoms with Gasteiger partial charge < -0.3 is 9.47 Å². The number of benzene rings is 2. The molecule has 0 N–H and O–H groups in total. The van der Waals surface area contributed by atoms with Crippen LogP contribution in [0.25, 0.3) is 11.0 Å². The highest BCUT2D eigenvalue weighted by atomic mass is 19.1. The summed E-state index contributed by atoms with van der Waals surface area (Å²) >= 11 is 0. The Morgan fingerprint density at radius 3 is 2.62 bits per heavy atom. The molecule has 0 aliphatic carbocycles. The summed E-state index contributed by atoms with van der Waals surface area (Å²) in [6, 6.07) is 11.0. The van der Waals surface area contributed by atoms with E-state index in [0.29, 0.717) is 6.54 Å². The zero-order chi connectivity index (χ0) is 21.0. The minimum absolute atomic E-state index is 0.122. The lowest BCUT2D eigenvalue weighted by Gasteiger charge is -2.25. The number of carbonyl (C=O) groups is 1. The zero-order valence-electron chi connectivity index (χ0n) is 17.2. The summed E-state index contributed by atoms with van der Waals surface area (Å²) in [6.07, 6.45) is 2.04. The molecule has 3 aromatic rings. The highest BCUT2D eigenvalue weighted by molar-refractivity contribution is 5.94. The molecule has 0 unspecified atom stereocenters. The predicted octanol–water partition coefficient (Wildman–Crippen LogP) is 5.41. The van der Waals surface area contributed by atoms with Gasteiger partial charge in [0.25, 0.3) is 5.91 Å². The van der Waals surface area contributed by atoms with Crippen molar-refractivity contribution in [1.29, 1.82) is 0 Å². The van der Waals surface area contributed by atoms with Gasteiger partial charge in [0, 0.05) is 19.2 Å². The van der Waals surface area contributed by atoms with Crippen LogP contribution in [-0.4, -0.2) is 26.9 Å². The first kappa shape index (κ1) is 21.0. The number of imidazole rings is 1. The molecule has 1 heterocycles. The molecular formula is C23H27F2N3O. The maximum atomic E-state index is 14.2. The van der Waals surface area contributed by atoms with Crippen LogP contribution in [0.2, 0.25) is 0 Å². The second kappa shape index (κ2) is 9.16. The largest absolute Gasteiger partial charge is 0.331 e. The van der Waals surface area contributed by atoms with Crippen molar-refractivity contribution in [3.05, 3.63) is 65.5 Å². The SMILES string of the molecule is CCCCn1c(CN(CC(C)C)C(=O)c2ccc(F)cc2F)nc2ccccc21. The Balaban J connectivity index is 1.97. The normalized spacial score (nSPS) is 11.4. The second-order valence-electron chi connectivity index (χ2n) is 7.73. The number of hydrogen-bond donors (Lipinski definition) is 0.